The van der Waals surface area contributed by atoms with Crippen LogP contribution in [0.3, 0.4) is 0 Å². The third-order valence-electron chi connectivity index (χ3n) is 3.38. The van der Waals surface area contributed by atoms with Crippen LogP contribution in [0.2, 0.25) is 0 Å². The molecule has 12 nitrogen and oxygen atoms in total. The summed E-state index contributed by atoms with van der Waals surface area (Å²) in [4.78, 5) is 57.5. The Labute approximate surface area is 160 Å². The van der Waals surface area contributed by atoms with E-state index in [4.69, 9.17) is 15.9 Å². The zero-order valence-corrected chi connectivity index (χ0v) is 15.6. The van der Waals surface area contributed by atoms with Crippen LogP contribution >= 0.6 is 12.6 Å². The van der Waals surface area contributed by atoms with Crippen LogP contribution in [-0.2, 0) is 24.0 Å². The number of rotatable bonds is 11. The number of carboxylic acid groups (broad SMARTS) is 2. The Kier molecular flexibility index (Phi) is 10.4. The molecule has 0 rings (SSSR count). The van der Waals surface area contributed by atoms with Crippen LogP contribution < -0.4 is 21.7 Å². The van der Waals surface area contributed by atoms with Crippen LogP contribution in [0.4, 0.5) is 0 Å². The highest BCUT2D eigenvalue weighted by molar-refractivity contribution is 7.80. The van der Waals surface area contributed by atoms with Gasteiger partial charge in [-0.3, -0.25) is 19.2 Å². The van der Waals surface area contributed by atoms with E-state index in [1.54, 1.807) is 0 Å². The minimum Gasteiger partial charge on any atom is -0.481 e. The summed E-state index contributed by atoms with van der Waals surface area (Å²) in [7, 11) is 0. The molecule has 5 atom stereocenters. The highest BCUT2D eigenvalue weighted by atomic mass is 32.1. The lowest BCUT2D eigenvalue weighted by Crippen LogP contribution is -2.57. The van der Waals surface area contributed by atoms with E-state index in [0.29, 0.717) is 0 Å². The van der Waals surface area contributed by atoms with E-state index in [-0.39, 0.29) is 5.75 Å². The average Bonchev–Trinajstić information content (AvgIpc) is 2.56. The number of thiol groups is 1. The van der Waals surface area contributed by atoms with E-state index >= 15 is 0 Å². The minimum atomic E-state index is -1.68. The van der Waals surface area contributed by atoms with Gasteiger partial charge in [0.25, 0.3) is 0 Å². The molecule has 154 valence electrons. The van der Waals surface area contributed by atoms with Crippen molar-refractivity contribution in [2.24, 2.45) is 5.73 Å². The molecule has 0 aromatic heterocycles. The fourth-order valence-electron chi connectivity index (χ4n) is 1.73. The van der Waals surface area contributed by atoms with Gasteiger partial charge >= 0.3 is 11.9 Å². The monoisotopic (exact) mass is 408 g/mol. The van der Waals surface area contributed by atoms with Crippen LogP contribution in [-0.4, -0.2) is 81.0 Å². The van der Waals surface area contributed by atoms with Gasteiger partial charge in [0.2, 0.25) is 17.7 Å². The predicted molar refractivity (Wildman–Crippen MR) is 94.9 cm³/mol. The number of carbonyl (C=O) groups excluding carboxylic acids is 3. The molecule has 0 saturated heterocycles. The lowest BCUT2D eigenvalue weighted by molar-refractivity contribution is -0.147. The van der Waals surface area contributed by atoms with Crippen molar-refractivity contribution in [3.8, 4) is 0 Å². The zero-order chi connectivity index (χ0) is 21.3. The van der Waals surface area contributed by atoms with Crippen molar-refractivity contribution in [2.75, 3.05) is 5.75 Å². The highest BCUT2D eigenvalue weighted by Gasteiger charge is 2.29. The van der Waals surface area contributed by atoms with Crippen molar-refractivity contribution in [1.82, 2.24) is 16.0 Å². The molecule has 27 heavy (non-hydrogen) atoms. The largest absolute Gasteiger partial charge is 0.481 e. The van der Waals surface area contributed by atoms with Crippen LogP contribution in [0.5, 0.6) is 0 Å². The third-order valence-corrected chi connectivity index (χ3v) is 3.75. The lowest BCUT2D eigenvalue weighted by Gasteiger charge is -2.22. The molecule has 0 saturated carbocycles. The average molecular weight is 408 g/mol. The van der Waals surface area contributed by atoms with Gasteiger partial charge < -0.3 is 37.0 Å². The Bertz CT molecular complexity index is 585. The van der Waals surface area contributed by atoms with E-state index in [2.05, 4.69) is 23.3 Å². The van der Waals surface area contributed by atoms with E-state index in [1.807, 2.05) is 5.32 Å². The maximum absolute atomic E-state index is 12.1. The second-order valence-electron chi connectivity index (χ2n) is 5.74. The summed E-state index contributed by atoms with van der Waals surface area (Å²) in [5.74, 6) is -5.73. The van der Waals surface area contributed by atoms with Gasteiger partial charge in [-0.05, 0) is 13.8 Å². The summed E-state index contributed by atoms with van der Waals surface area (Å²) in [5, 5.41) is 33.3. The standard InChI is InChI=1S/C14H24N4O8S/c1-5(16-13(24)10(15)6(2)19)11(22)18-8(4-27)12(23)17-7(14(25)26)3-9(20)21/h5-8,10,19,27H,3-4,15H2,1-2H3,(H,16,24)(H,17,23)(H,18,22)(H,20,21)(H,25,26). The molecule has 0 aromatic rings. The molecule has 0 aliphatic rings. The molecule has 0 heterocycles. The fraction of sp³-hybridized carbons (Fsp3) is 0.643. The first-order valence-corrected chi connectivity index (χ1v) is 8.44. The van der Waals surface area contributed by atoms with Crippen molar-refractivity contribution < 1.29 is 39.3 Å². The van der Waals surface area contributed by atoms with Gasteiger partial charge in [0.05, 0.1) is 12.5 Å². The Morgan fingerprint density at radius 1 is 0.926 bits per heavy atom. The first-order valence-electron chi connectivity index (χ1n) is 7.80. The summed E-state index contributed by atoms with van der Waals surface area (Å²) in [5.41, 5.74) is 5.43. The molecule has 5 unspecified atom stereocenters. The van der Waals surface area contributed by atoms with Gasteiger partial charge in [0.1, 0.15) is 24.2 Å². The van der Waals surface area contributed by atoms with Crippen molar-refractivity contribution in [2.45, 2.75) is 50.5 Å². The number of aliphatic hydroxyl groups is 1. The summed E-state index contributed by atoms with van der Waals surface area (Å²) < 4.78 is 0. The number of aliphatic carboxylic acids is 2. The van der Waals surface area contributed by atoms with Crippen LogP contribution in [0, 0.1) is 0 Å². The smallest absolute Gasteiger partial charge is 0.326 e. The normalized spacial score (nSPS) is 16.2. The summed E-state index contributed by atoms with van der Waals surface area (Å²) in [6.45, 7) is 2.60. The second-order valence-corrected chi connectivity index (χ2v) is 6.10. The van der Waals surface area contributed by atoms with Crippen molar-refractivity contribution in [3.05, 3.63) is 0 Å². The maximum atomic E-state index is 12.1. The number of amides is 3. The Morgan fingerprint density at radius 3 is 1.85 bits per heavy atom. The summed E-state index contributed by atoms with van der Waals surface area (Å²) in [6, 6.07) is -5.33. The molecule has 13 heteroatoms. The van der Waals surface area contributed by atoms with Crippen molar-refractivity contribution >= 4 is 42.3 Å². The molecule has 0 aliphatic carbocycles. The summed E-state index contributed by atoms with van der Waals surface area (Å²) in [6.07, 6.45) is -1.99. The molecule has 0 bridgehead atoms. The number of nitrogens with one attached hydrogen (secondary N) is 3. The SMILES string of the molecule is CC(NC(=O)C(N)C(C)O)C(=O)NC(CS)C(=O)NC(CC(=O)O)C(=O)O. The molecule has 3 amide bonds. The first-order chi connectivity index (χ1) is 12.4. The number of hydrogen-bond acceptors (Lipinski definition) is 8. The van der Waals surface area contributed by atoms with E-state index in [1.165, 1.54) is 13.8 Å². The second kappa shape index (κ2) is 11.4. The minimum absolute atomic E-state index is 0.217. The van der Waals surface area contributed by atoms with Gasteiger partial charge in [-0.25, -0.2) is 4.79 Å². The van der Waals surface area contributed by atoms with E-state index < -0.39 is 66.4 Å². The van der Waals surface area contributed by atoms with Gasteiger partial charge in [-0.15, -0.1) is 0 Å². The Hall–Kier alpha value is -2.38. The number of carboxylic acids is 2. The molecule has 8 N–H and O–H groups in total. The van der Waals surface area contributed by atoms with Crippen molar-refractivity contribution in [3.63, 3.8) is 0 Å². The molecular formula is C14H24N4O8S. The number of aliphatic hydroxyl groups excluding tert-OH is 1. The van der Waals surface area contributed by atoms with Crippen LogP contribution in [0.25, 0.3) is 0 Å². The van der Waals surface area contributed by atoms with Crippen LogP contribution in [0.1, 0.15) is 20.3 Å². The van der Waals surface area contributed by atoms with Crippen LogP contribution in [0.15, 0.2) is 0 Å². The zero-order valence-electron chi connectivity index (χ0n) is 14.7. The number of hydrogen-bond donors (Lipinski definition) is 8. The number of carbonyl (C=O) groups is 5. The van der Waals surface area contributed by atoms with Gasteiger partial charge in [-0.1, -0.05) is 0 Å². The quantitative estimate of drug-likeness (QED) is 0.160. The Morgan fingerprint density at radius 2 is 1.44 bits per heavy atom. The van der Waals surface area contributed by atoms with Gasteiger partial charge in [-0.2, -0.15) is 12.6 Å². The van der Waals surface area contributed by atoms with Gasteiger partial charge in [0.15, 0.2) is 0 Å². The highest BCUT2D eigenvalue weighted by Crippen LogP contribution is 1.98. The lowest BCUT2D eigenvalue weighted by atomic mass is 10.1. The third kappa shape index (κ3) is 8.70. The van der Waals surface area contributed by atoms with Crippen molar-refractivity contribution in [1.29, 1.82) is 0 Å². The Balaban J connectivity index is 4.87. The predicted octanol–water partition coefficient (Wildman–Crippen LogP) is -3.34. The fourth-order valence-corrected chi connectivity index (χ4v) is 1.99. The van der Waals surface area contributed by atoms with Gasteiger partial charge in [0, 0.05) is 5.75 Å². The molecule has 0 aliphatic heterocycles. The molecule has 0 aromatic carbocycles. The molecule has 0 radical (unpaired) electrons. The topological polar surface area (TPSA) is 208 Å². The summed E-state index contributed by atoms with van der Waals surface area (Å²) >= 11 is 3.89. The maximum Gasteiger partial charge on any atom is 0.326 e. The first kappa shape index (κ1) is 24.6. The molecular weight excluding hydrogens is 384 g/mol. The number of nitrogens with two attached hydrogens (primary N) is 1. The molecule has 0 fully saturated rings. The van der Waals surface area contributed by atoms with E-state index in [0.717, 1.165) is 0 Å². The van der Waals surface area contributed by atoms with E-state index in [9.17, 15) is 29.1 Å². The molecule has 0 spiro atoms.